The molecule has 0 radical (unpaired) electrons. The first-order chi connectivity index (χ1) is 9.99. The Bertz CT molecular complexity index is 692. The van der Waals surface area contributed by atoms with E-state index in [-0.39, 0.29) is 6.61 Å². The highest BCUT2D eigenvalue weighted by Gasteiger charge is 2.11. The molecule has 21 heavy (non-hydrogen) atoms. The van der Waals surface area contributed by atoms with Crippen molar-refractivity contribution in [1.29, 1.82) is 0 Å². The summed E-state index contributed by atoms with van der Waals surface area (Å²) in [7, 11) is 0. The van der Waals surface area contributed by atoms with E-state index >= 15 is 0 Å². The Kier molecular flexibility index (Phi) is 4.38. The molecule has 0 aliphatic rings. The van der Waals surface area contributed by atoms with Gasteiger partial charge in [-0.25, -0.2) is 4.79 Å². The van der Waals surface area contributed by atoms with Gasteiger partial charge in [-0.15, -0.1) is 0 Å². The topological polar surface area (TPSA) is 69.4 Å². The first kappa shape index (κ1) is 14.8. The van der Waals surface area contributed by atoms with Crippen LogP contribution in [0.5, 0.6) is 0 Å². The summed E-state index contributed by atoms with van der Waals surface area (Å²) in [6.45, 7) is 3.94. The Balaban J connectivity index is 2.11. The summed E-state index contributed by atoms with van der Waals surface area (Å²) in [5.74, 6) is -0.954. The third-order valence-electron chi connectivity index (χ3n) is 3.38. The van der Waals surface area contributed by atoms with Crippen LogP contribution in [0.2, 0.25) is 0 Å². The van der Waals surface area contributed by atoms with Gasteiger partial charge < -0.3 is 10.5 Å². The van der Waals surface area contributed by atoms with Gasteiger partial charge in [-0.05, 0) is 43.2 Å². The van der Waals surface area contributed by atoms with Gasteiger partial charge in [0, 0.05) is 11.1 Å². The Labute approximate surface area is 123 Å². The van der Waals surface area contributed by atoms with Gasteiger partial charge in [0.15, 0.2) is 0 Å². The fraction of sp³-hybridized carbons (Fsp3) is 0.176. The number of esters is 1. The molecule has 4 heteroatoms. The van der Waals surface area contributed by atoms with E-state index in [4.69, 9.17) is 10.5 Å². The summed E-state index contributed by atoms with van der Waals surface area (Å²) in [5.41, 5.74) is 8.90. The minimum Gasteiger partial charge on any atom is -0.457 e. The zero-order chi connectivity index (χ0) is 15.4. The second kappa shape index (κ2) is 6.22. The van der Waals surface area contributed by atoms with Crippen LogP contribution in [0.25, 0.3) is 0 Å². The number of carbonyl (C=O) groups is 2. The normalized spacial score (nSPS) is 10.2. The van der Waals surface area contributed by atoms with Crippen molar-refractivity contribution in [2.24, 2.45) is 5.73 Å². The van der Waals surface area contributed by atoms with Gasteiger partial charge in [0.1, 0.15) is 6.61 Å². The molecule has 0 fully saturated rings. The van der Waals surface area contributed by atoms with E-state index in [1.807, 2.05) is 19.9 Å². The van der Waals surface area contributed by atoms with Gasteiger partial charge in [-0.3, -0.25) is 4.79 Å². The van der Waals surface area contributed by atoms with E-state index in [1.165, 1.54) is 0 Å². The highest BCUT2D eigenvalue weighted by molar-refractivity contribution is 5.94. The fourth-order valence-corrected chi connectivity index (χ4v) is 1.98. The monoisotopic (exact) mass is 283 g/mol. The molecule has 0 saturated carbocycles. The molecule has 0 saturated heterocycles. The van der Waals surface area contributed by atoms with Crippen LogP contribution in [0.4, 0.5) is 0 Å². The van der Waals surface area contributed by atoms with Crippen molar-refractivity contribution in [2.75, 3.05) is 0 Å². The molecule has 0 aliphatic carbocycles. The first-order valence-electron chi connectivity index (χ1n) is 6.61. The number of hydrogen-bond acceptors (Lipinski definition) is 3. The summed E-state index contributed by atoms with van der Waals surface area (Å²) in [6, 6.07) is 12.2. The number of primary amides is 1. The van der Waals surface area contributed by atoms with E-state index in [0.717, 1.165) is 11.1 Å². The van der Waals surface area contributed by atoms with Crippen LogP contribution in [0.1, 0.15) is 37.4 Å². The smallest absolute Gasteiger partial charge is 0.338 e. The fourth-order valence-electron chi connectivity index (χ4n) is 1.98. The molecule has 0 unspecified atom stereocenters. The average molecular weight is 283 g/mol. The van der Waals surface area contributed by atoms with Crippen LogP contribution >= 0.6 is 0 Å². The number of nitrogens with two attached hydrogens (primary N) is 1. The molecule has 1 amide bonds. The maximum atomic E-state index is 12.0. The summed E-state index contributed by atoms with van der Waals surface area (Å²) >= 11 is 0. The van der Waals surface area contributed by atoms with Gasteiger partial charge >= 0.3 is 5.97 Å². The lowest BCUT2D eigenvalue weighted by molar-refractivity contribution is 0.0470. The second-order valence-electron chi connectivity index (χ2n) is 4.90. The van der Waals surface area contributed by atoms with Crippen molar-refractivity contribution in [1.82, 2.24) is 0 Å². The molecule has 0 aliphatic heterocycles. The predicted molar refractivity (Wildman–Crippen MR) is 80.0 cm³/mol. The first-order valence-corrected chi connectivity index (χ1v) is 6.61. The Morgan fingerprint density at radius 1 is 1.05 bits per heavy atom. The minimum absolute atomic E-state index is 0.0187. The Hall–Kier alpha value is -2.62. The second-order valence-corrected chi connectivity index (χ2v) is 4.90. The maximum absolute atomic E-state index is 12.0. The molecule has 108 valence electrons. The van der Waals surface area contributed by atoms with Gasteiger partial charge in [-0.2, -0.15) is 0 Å². The molecule has 0 spiro atoms. The van der Waals surface area contributed by atoms with Crippen LogP contribution in [0, 0.1) is 13.8 Å². The number of carbonyl (C=O) groups excluding carboxylic acids is 2. The molecule has 0 atom stereocenters. The lowest BCUT2D eigenvalue weighted by atomic mass is 10.1. The van der Waals surface area contributed by atoms with Crippen molar-refractivity contribution < 1.29 is 14.3 Å². The number of aryl methyl sites for hydroxylation is 2. The average Bonchev–Trinajstić information content (AvgIpc) is 2.47. The van der Waals surface area contributed by atoms with Gasteiger partial charge in [-0.1, -0.05) is 24.3 Å². The van der Waals surface area contributed by atoms with Crippen LogP contribution in [0.15, 0.2) is 42.5 Å². The highest BCUT2D eigenvalue weighted by atomic mass is 16.5. The minimum atomic E-state index is -0.534. The molecule has 0 aromatic heterocycles. The third-order valence-corrected chi connectivity index (χ3v) is 3.38. The van der Waals surface area contributed by atoms with Crippen LogP contribution in [-0.4, -0.2) is 11.9 Å². The molecular formula is C17H17NO3. The highest BCUT2D eigenvalue weighted by Crippen LogP contribution is 2.14. The molecular weight excluding hydrogens is 266 g/mol. The van der Waals surface area contributed by atoms with Crippen molar-refractivity contribution in [2.45, 2.75) is 20.5 Å². The summed E-state index contributed by atoms with van der Waals surface area (Å²) in [4.78, 5) is 23.3. The zero-order valence-electron chi connectivity index (χ0n) is 12.1. The number of ether oxygens (including phenoxy) is 1. The van der Waals surface area contributed by atoms with E-state index in [2.05, 4.69) is 0 Å². The van der Waals surface area contributed by atoms with E-state index in [9.17, 15) is 9.59 Å². The molecule has 0 bridgehead atoms. The molecule has 2 N–H and O–H groups in total. The molecule has 4 nitrogen and oxygen atoms in total. The number of benzene rings is 2. The van der Waals surface area contributed by atoms with E-state index < -0.39 is 11.9 Å². The van der Waals surface area contributed by atoms with E-state index in [1.54, 1.807) is 36.4 Å². The number of amides is 1. The van der Waals surface area contributed by atoms with Crippen molar-refractivity contribution in [3.8, 4) is 0 Å². The Morgan fingerprint density at radius 3 is 2.43 bits per heavy atom. The SMILES string of the molecule is Cc1ccc(C(=O)OCc2ccccc2C(N)=O)cc1C. The van der Waals surface area contributed by atoms with Crippen molar-refractivity contribution >= 4 is 11.9 Å². The summed E-state index contributed by atoms with van der Waals surface area (Å²) in [6.07, 6.45) is 0. The molecule has 2 rings (SSSR count). The number of rotatable bonds is 4. The van der Waals surface area contributed by atoms with Gasteiger partial charge in [0.2, 0.25) is 5.91 Å². The lowest BCUT2D eigenvalue weighted by Gasteiger charge is -2.09. The maximum Gasteiger partial charge on any atom is 0.338 e. The van der Waals surface area contributed by atoms with Crippen molar-refractivity contribution in [3.63, 3.8) is 0 Å². The summed E-state index contributed by atoms with van der Waals surface area (Å²) < 4.78 is 5.25. The predicted octanol–water partition coefficient (Wildman–Crippen LogP) is 2.76. The summed E-state index contributed by atoms with van der Waals surface area (Å²) in [5, 5.41) is 0. The molecule has 2 aromatic rings. The van der Waals surface area contributed by atoms with Gasteiger partial charge in [0.25, 0.3) is 0 Å². The standard InChI is InChI=1S/C17H17NO3/c1-11-7-8-13(9-12(11)2)17(20)21-10-14-5-3-4-6-15(14)16(18)19/h3-9H,10H2,1-2H3,(H2,18,19). The lowest BCUT2D eigenvalue weighted by Crippen LogP contribution is -2.15. The molecule has 0 heterocycles. The third kappa shape index (κ3) is 3.48. The van der Waals surface area contributed by atoms with Crippen LogP contribution in [-0.2, 0) is 11.3 Å². The quantitative estimate of drug-likeness (QED) is 0.877. The van der Waals surface area contributed by atoms with Crippen LogP contribution < -0.4 is 5.73 Å². The van der Waals surface area contributed by atoms with Gasteiger partial charge in [0.05, 0.1) is 5.56 Å². The van der Waals surface area contributed by atoms with Crippen molar-refractivity contribution in [3.05, 3.63) is 70.3 Å². The number of hydrogen-bond donors (Lipinski definition) is 1. The largest absolute Gasteiger partial charge is 0.457 e. The molecule has 2 aromatic carbocycles. The zero-order valence-corrected chi connectivity index (χ0v) is 12.1. The van der Waals surface area contributed by atoms with E-state index in [0.29, 0.717) is 16.7 Å². The Morgan fingerprint density at radius 2 is 1.76 bits per heavy atom. The van der Waals surface area contributed by atoms with Crippen LogP contribution in [0.3, 0.4) is 0 Å².